The minimum atomic E-state index is -0.125. The molecule has 2 aliphatic rings. The van der Waals surface area contributed by atoms with Crippen molar-refractivity contribution in [2.75, 3.05) is 11.5 Å². The number of rotatable bonds is 6. The van der Waals surface area contributed by atoms with Crippen molar-refractivity contribution < 1.29 is 9.47 Å². The third-order valence-electron chi connectivity index (χ3n) is 5.87. The molecule has 1 aliphatic carbocycles. The van der Waals surface area contributed by atoms with Crippen molar-refractivity contribution in [3.05, 3.63) is 34.9 Å². The Morgan fingerprint density at radius 1 is 1.24 bits per heavy atom. The number of hydrogen-bond acceptors (Lipinski definition) is 2. The molecule has 0 amide bonds. The van der Waals surface area contributed by atoms with Gasteiger partial charge in [-0.15, -0.1) is 0 Å². The van der Waals surface area contributed by atoms with Gasteiger partial charge in [0, 0.05) is 17.4 Å². The third kappa shape index (κ3) is 4.01. The summed E-state index contributed by atoms with van der Waals surface area (Å²) in [7, 11) is 1.80. The van der Waals surface area contributed by atoms with Crippen LogP contribution >= 0.6 is 22.6 Å². The topological polar surface area (TPSA) is 18.5 Å². The monoisotopic (exact) mass is 454 g/mol. The summed E-state index contributed by atoms with van der Waals surface area (Å²) < 4.78 is 13.6. The fraction of sp³-hybridized carbons (Fsp3) is 0.636. The van der Waals surface area contributed by atoms with Gasteiger partial charge in [-0.3, -0.25) is 0 Å². The number of halogens is 1. The highest BCUT2D eigenvalue weighted by molar-refractivity contribution is 14.1. The second-order valence-corrected chi connectivity index (χ2v) is 9.20. The molecule has 0 fully saturated rings. The molecule has 0 spiro atoms. The molecule has 2 nitrogen and oxygen atoms in total. The number of ether oxygens (including phenoxy) is 2. The second kappa shape index (κ2) is 7.89. The number of aryl methyl sites for hydroxylation is 1. The second-order valence-electron chi connectivity index (χ2n) is 8.12. The predicted molar refractivity (Wildman–Crippen MR) is 113 cm³/mol. The van der Waals surface area contributed by atoms with Crippen LogP contribution in [0.2, 0.25) is 0 Å². The Morgan fingerprint density at radius 2 is 2.04 bits per heavy atom. The molecule has 0 N–H and O–H groups in total. The number of methoxy groups -OCH3 is 1. The molecule has 0 bridgehead atoms. The summed E-state index contributed by atoms with van der Waals surface area (Å²) >= 11 is 2.46. The smallest absolute Gasteiger partial charge is 0.127 e. The molecular formula is C22H31IO2. The highest BCUT2D eigenvalue weighted by atomic mass is 127. The Morgan fingerprint density at radius 3 is 2.76 bits per heavy atom. The summed E-state index contributed by atoms with van der Waals surface area (Å²) in [4.78, 5) is 0. The zero-order chi connectivity index (χ0) is 18.0. The molecule has 2 atom stereocenters. The van der Waals surface area contributed by atoms with Crippen LogP contribution in [0.25, 0.3) is 0 Å². The average Bonchev–Trinajstić information content (AvgIpc) is 2.57. The minimum absolute atomic E-state index is 0.125. The fourth-order valence-electron chi connectivity index (χ4n) is 4.51. The van der Waals surface area contributed by atoms with Crippen LogP contribution in [-0.2, 0) is 6.42 Å². The maximum absolute atomic E-state index is 6.52. The molecule has 1 aromatic carbocycles. The third-order valence-corrected chi connectivity index (χ3v) is 6.63. The number of benzene rings is 1. The van der Waals surface area contributed by atoms with Crippen LogP contribution in [0.15, 0.2) is 23.8 Å². The molecule has 0 radical (unpaired) electrons. The summed E-state index contributed by atoms with van der Waals surface area (Å²) in [5, 5.41) is 0. The van der Waals surface area contributed by atoms with E-state index in [-0.39, 0.29) is 5.60 Å². The van der Waals surface area contributed by atoms with Gasteiger partial charge in [0.15, 0.2) is 0 Å². The van der Waals surface area contributed by atoms with Gasteiger partial charge in [0.25, 0.3) is 0 Å². The van der Waals surface area contributed by atoms with Gasteiger partial charge in [-0.2, -0.15) is 0 Å². The van der Waals surface area contributed by atoms with E-state index < -0.39 is 0 Å². The molecule has 0 aromatic heterocycles. The lowest BCUT2D eigenvalue weighted by Crippen LogP contribution is -2.45. The van der Waals surface area contributed by atoms with E-state index >= 15 is 0 Å². The van der Waals surface area contributed by atoms with Crippen molar-refractivity contribution in [3.8, 4) is 11.5 Å². The van der Waals surface area contributed by atoms with E-state index in [2.05, 4.69) is 61.6 Å². The first-order valence-electron chi connectivity index (χ1n) is 9.57. The van der Waals surface area contributed by atoms with Gasteiger partial charge in [0.2, 0.25) is 0 Å². The van der Waals surface area contributed by atoms with Crippen LogP contribution in [-0.4, -0.2) is 17.1 Å². The zero-order valence-electron chi connectivity index (χ0n) is 16.0. The van der Waals surface area contributed by atoms with Gasteiger partial charge < -0.3 is 9.47 Å². The first kappa shape index (κ1) is 19.1. The zero-order valence-corrected chi connectivity index (χ0v) is 18.2. The quantitative estimate of drug-likeness (QED) is 0.213. The normalized spacial score (nSPS) is 24.0. The number of alkyl halides is 1. The van der Waals surface area contributed by atoms with Crippen molar-refractivity contribution in [1.29, 1.82) is 0 Å². The largest absolute Gasteiger partial charge is 0.496 e. The Bertz CT molecular complexity index is 648. The van der Waals surface area contributed by atoms with Gasteiger partial charge >= 0.3 is 0 Å². The highest BCUT2D eigenvalue weighted by Gasteiger charge is 2.45. The Labute approximate surface area is 166 Å². The summed E-state index contributed by atoms with van der Waals surface area (Å²) in [5.74, 6) is 3.12. The molecular weight excluding hydrogens is 423 g/mol. The first-order valence-corrected chi connectivity index (χ1v) is 11.1. The summed E-state index contributed by atoms with van der Waals surface area (Å²) in [6.45, 7) is 6.76. The molecule has 0 unspecified atom stereocenters. The minimum Gasteiger partial charge on any atom is -0.496 e. The van der Waals surface area contributed by atoms with Crippen molar-refractivity contribution in [1.82, 2.24) is 0 Å². The van der Waals surface area contributed by atoms with Crippen LogP contribution in [0.4, 0.5) is 0 Å². The number of unbranched alkanes of at least 4 members (excludes halogenated alkanes) is 2. The Balaban J connectivity index is 1.93. The van der Waals surface area contributed by atoms with Gasteiger partial charge in [-0.05, 0) is 75.0 Å². The fourth-order valence-corrected chi connectivity index (χ4v) is 5.05. The Hall–Kier alpha value is -0.710. The van der Waals surface area contributed by atoms with E-state index in [1.165, 1.54) is 40.4 Å². The van der Waals surface area contributed by atoms with Gasteiger partial charge in [-0.25, -0.2) is 0 Å². The van der Waals surface area contributed by atoms with Crippen LogP contribution < -0.4 is 9.47 Å². The lowest BCUT2D eigenvalue weighted by molar-refractivity contribution is 0.00749. The van der Waals surface area contributed by atoms with Gasteiger partial charge in [0.1, 0.15) is 17.1 Å². The predicted octanol–water partition coefficient (Wildman–Crippen LogP) is 6.45. The summed E-state index contributed by atoms with van der Waals surface area (Å²) in [5.41, 5.74) is 4.02. The highest BCUT2D eigenvalue weighted by Crippen LogP contribution is 2.54. The van der Waals surface area contributed by atoms with E-state index in [1.54, 1.807) is 7.11 Å². The molecule has 25 heavy (non-hydrogen) atoms. The van der Waals surface area contributed by atoms with E-state index in [1.807, 2.05) is 0 Å². The average molecular weight is 454 g/mol. The van der Waals surface area contributed by atoms with E-state index in [4.69, 9.17) is 9.47 Å². The van der Waals surface area contributed by atoms with Crippen LogP contribution in [0.5, 0.6) is 11.5 Å². The van der Waals surface area contributed by atoms with E-state index in [9.17, 15) is 0 Å². The molecule has 3 heteroatoms. The number of hydrogen-bond donors (Lipinski definition) is 0. The van der Waals surface area contributed by atoms with Crippen LogP contribution in [0.1, 0.15) is 69.9 Å². The maximum Gasteiger partial charge on any atom is 0.127 e. The molecule has 0 saturated carbocycles. The van der Waals surface area contributed by atoms with E-state index in [0.29, 0.717) is 11.8 Å². The lowest BCUT2D eigenvalue weighted by atomic mass is 9.67. The number of allylic oxidation sites excluding steroid dienone is 2. The molecule has 0 saturated heterocycles. The summed E-state index contributed by atoms with van der Waals surface area (Å²) in [6.07, 6.45) is 9.56. The van der Waals surface area contributed by atoms with Gasteiger partial charge in [0.05, 0.1) is 7.11 Å². The molecule has 1 heterocycles. The molecule has 1 aromatic rings. The van der Waals surface area contributed by atoms with Gasteiger partial charge in [-0.1, -0.05) is 40.7 Å². The standard InChI is InChI=1S/C22H31IO2/c1-15-9-10-18-17(12-15)21-19(24-4)13-16(8-6-5-7-11-23)14-20(21)25-22(18,2)3/h9,13-14,17-18H,5-8,10-12H2,1-4H3/t17-,18-/m1/s1. The molecule has 138 valence electrons. The number of fused-ring (bicyclic) bond motifs is 3. The van der Waals surface area contributed by atoms with Crippen LogP contribution in [0.3, 0.4) is 0 Å². The van der Waals surface area contributed by atoms with Crippen molar-refractivity contribution >= 4 is 22.6 Å². The van der Waals surface area contributed by atoms with Crippen molar-refractivity contribution in [2.24, 2.45) is 5.92 Å². The van der Waals surface area contributed by atoms with Crippen molar-refractivity contribution in [2.45, 2.75) is 70.8 Å². The first-order chi connectivity index (χ1) is 12.0. The lowest BCUT2D eigenvalue weighted by Gasteiger charge is -2.47. The van der Waals surface area contributed by atoms with Crippen molar-refractivity contribution in [3.63, 3.8) is 0 Å². The van der Waals surface area contributed by atoms with Crippen LogP contribution in [0, 0.1) is 5.92 Å². The summed E-state index contributed by atoms with van der Waals surface area (Å²) in [6, 6.07) is 4.54. The SMILES string of the molecule is COc1cc(CCCCCI)cc2c1[C@@H]1CC(C)=CC[C@H]1C(C)(C)O2. The molecule has 1 aliphatic heterocycles. The maximum atomic E-state index is 6.52. The Kier molecular flexibility index (Phi) is 6.02. The molecule has 3 rings (SSSR count). The van der Waals surface area contributed by atoms with E-state index in [0.717, 1.165) is 30.8 Å².